The van der Waals surface area contributed by atoms with Crippen molar-refractivity contribution >= 4 is 22.2 Å². The fourth-order valence-corrected chi connectivity index (χ4v) is 2.61. The summed E-state index contributed by atoms with van der Waals surface area (Å²) in [6.45, 7) is 3.84. The van der Waals surface area contributed by atoms with Gasteiger partial charge in [0.1, 0.15) is 10.8 Å². The Hall–Kier alpha value is -2.05. The second-order valence-electron chi connectivity index (χ2n) is 4.60. The first kappa shape index (κ1) is 13.9. The van der Waals surface area contributed by atoms with Gasteiger partial charge in [-0.3, -0.25) is 4.98 Å². The lowest BCUT2D eigenvalue weighted by Crippen LogP contribution is -2.13. The molecule has 2 aromatic heterocycles. The second kappa shape index (κ2) is 6.60. The van der Waals surface area contributed by atoms with E-state index in [-0.39, 0.29) is 0 Å². The zero-order valence-electron chi connectivity index (χ0n) is 11.7. The van der Waals surface area contributed by atoms with E-state index < -0.39 is 0 Å². The minimum absolute atomic E-state index is 0.542. The molecule has 0 spiro atoms. The van der Waals surface area contributed by atoms with E-state index >= 15 is 0 Å². The average Bonchev–Trinajstić information content (AvgIpc) is 2.95. The maximum Gasteiger partial charge on any atom is 0.299 e. The molecule has 21 heavy (non-hydrogen) atoms. The molecule has 0 atom stereocenters. The number of aromatic nitrogens is 3. The van der Waals surface area contributed by atoms with Crippen LogP contribution in [-0.4, -0.2) is 21.7 Å². The Balaban J connectivity index is 1.70. The van der Waals surface area contributed by atoms with Crippen LogP contribution in [0.4, 0.5) is 0 Å². The highest BCUT2D eigenvalue weighted by molar-refractivity contribution is 7.13. The SMILES string of the molecule is CCCNCc1nnc(Oc2cnc3ccccc3c2)s1. The van der Waals surface area contributed by atoms with Crippen LogP contribution in [0.3, 0.4) is 0 Å². The molecule has 1 N–H and O–H groups in total. The molecule has 0 unspecified atom stereocenters. The molecule has 0 amide bonds. The number of benzene rings is 1. The summed E-state index contributed by atoms with van der Waals surface area (Å²) in [7, 11) is 0. The third-order valence-electron chi connectivity index (χ3n) is 2.92. The van der Waals surface area contributed by atoms with Gasteiger partial charge in [0.2, 0.25) is 0 Å². The molecular weight excluding hydrogens is 284 g/mol. The van der Waals surface area contributed by atoms with E-state index in [1.165, 1.54) is 11.3 Å². The number of pyridine rings is 1. The lowest BCUT2D eigenvalue weighted by Gasteiger charge is -2.02. The minimum Gasteiger partial charge on any atom is -0.428 e. The number of para-hydroxylation sites is 1. The lowest BCUT2D eigenvalue weighted by molar-refractivity contribution is 0.471. The quantitative estimate of drug-likeness (QED) is 0.707. The van der Waals surface area contributed by atoms with Gasteiger partial charge in [0.25, 0.3) is 5.19 Å². The molecule has 2 heterocycles. The topological polar surface area (TPSA) is 59.9 Å². The van der Waals surface area contributed by atoms with Gasteiger partial charge in [-0.15, -0.1) is 5.10 Å². The molecule has 0 aliphatic rings. The summed E-state index contributed by atoms with van der Waals surface area (Å²) in [6, 6.07) is 9.89. The summed E-state index contributed by atoms with van der Waals surface area (Å²) in [5.74, 6) is 0.679. The van der Waals surface area contributed by atoms with Crippen molar-refractivity contribution < 1.29 is 4.74 Å². The lowest BCUT2D eigenvalue weighted by atomic mass is 10.2. The molecule has 0 bridgehead atoms. The molecule has 5 nitrogen and oxygen atoms in total. The van der Waals surface area contributed by atoms with Gasteiger partial charge in [-0.2, -0.15) is 0 Å². The predicted octanol–water partition coefficient (Wildman–Crippen LogP) is 3.38. The molecule has 0 saturated carbocycles. The van der Waals surface area contributed by atoms with Crippen LogP contribution in [0.15, 0.2) is 36.5 Å². The van der Waals surface area contributed by atoms with Crippen molar-refractivity contribution in [1.82, 2.24) is 20.5 Å². The van der Waals surface area contributed by atoms with Crippen LogP contribution in [0.25, 0.3) is 10.9 Å². The molecule has 6 heteroatoms. The highest BCUT2D eigenvalue weighted by atomic mass is 32.1. The molecular formula is C15H16N4OS. The van der Waals surface area contributed by atoms with Crippen molar-refractivity contribution in [3.63, 3.8) is 0 Å². The van der Waals surface area contributed by atoms with Crippen molar-refractivity contribution in [2.24, 2.45) is 0 Å². The number of fused-ring (bicyclic) bond motifs is 1. The molecule has 0 aliphatic carbocycles. The molecule has 0 radical (unpaired) electrons. The normalized spacial score (nSPS) is 10.9. The van der Waals surface area contributed by atoms with Gasteiger partial charge in [0.05, 0.1) is 11.7 Å². The van der Waals surface area contributed by atoms with Crippen molar-refractivity contribution in [2.45, 2.75) is 19.9 Å². The summed E-state index contributed by atoms with van der Waals surface area (Å²) < 4.78 is 5.73. The number of hydrogen-bond acceptors (Lipinski definition) is 6. The third kappa shape index (κ3) is 3.53. The maximum absolute atomic E-state index is 5.73. The Morgan fingerprint density at radius 3 is 3.05 bits per heavy atom. The molecule has 3 rings (SSSR count). The van der Waals surface area contributed by atoms with E-state index in [2.05, 4.69) is 27.4 Å². The summed E-state index contributed by atoms with van der Waals surface area (Å²) >= 11 is 1.45. The number of hydrogen-bond donors (Lipinski definition) is 1. The standard InChI is InChI=1S/C15H16N4OS/c1-2-7-16-10-14-18-19-15(21-14)20-12-8-11-5-3-4-6-13(11)17-9-12/h3-6,8-9,16H,2,7,10H2,1H3. The van der Waals surface area contributed by atoms with Crippen LogP contribution in [-0.2, 0) is 6.54 Å². The molecule has 0 saturated heterocycles. The Morgan fingerprint density at radius 2 is 2.14 bits per heavy atom. The van der Waals surface area contributed by atoms with Crippen LogP contribution in [0.2, 0.25) is 0 Å². The van der Waals surface area contributed by atoms with Gasteiger partial charge >= 0.3 is 0 Å². The molecule has 108 valence electrons. The van der Waals surface area contributed by atoms with Crippen molar-refractivity contribution in [2.75, 3.05) is 6.54 Å². The van der Waals surface area contributed by atoms with E-state index in [0.717, 1.165) is 35.4 Å². The predicted molar refractivity (Wildman–Crippen MR) is 83.7 cm³/mol. The highest BCUT2D eigenvalue weighted by Crippen LogP contribution is 2.26. The first-order valence-corrected chi connectivity index (χ1v) is 7.72. The monoisotopic (exact) mass is 300 g/mol. The zero-order valence-corrected chi connectivity index (χ0v) is 12.6. The van der Waals surface area contributed by atoms with Gasteiger partial charge in [0.15, 0.2) is 0 Å². The Labute approximate surface area is 127 Å². The molecule has 0 fully saturated rings. The van der Waals surface area contributed by atoms with Crippen molar-refractivity contribution in [1.29, 1.82) is 0 Å². The van der Waals surface area contributed by atoms with Crippen LogP contribution in [0, 0.1) is 0 Å². The van der Waals surface area contributed by atoms with E-state index in [1.807, 2.05) is 30.3 Å². The van der Waals surface area contributed by atoms with Crippen LogP contribution in [0.5, 0.6) is 10.9 Å². The summed E-state index contributed by atoms with van der Waals surface area (Å²) in [5.41, 5.74) is 0.951. The Kier molecular flexibility index (Phi) is 4.37. The first-order valence-electron chi connectivity index (χ1n) is 6.91. The summed E-state index contributed by atoms with van der Waals surface area (Å²) in [6.07, 6.45) is 2.81. The van der Waals surface area contributed by atoms with Crippen molar-refractivity contribution in [3.05, 3.63) is 41.5 Å². The molecule has 1 aromatic carbocycles. The fraction of sp³-hybridized carbons (Fsp3) is 0.267. The average molecular weight is 300 g/mol. The summed E-state index contributed by atoms with van der Waals surface area (Å²) in [5, 5.41) is 14.0. The van der Waals surface area contributed by atoms with Crippen molar-refractivity contribution in [3.8, 4) is 10.9 Å². The third-order valence-corrected chi connectivity index (χ3v) is 3.72. The first-order chi connectivity index (χ1) is 10.3. The van der Waals surface area contributed by atoms with Crippen LogP contribution < -0.4 is 10.1 Å². The Morgan fingerprint density at radius 1 is 1.24 bits per heavy atom. The van der Waals surface area contributed by atoms with E-state index in [0.29, 0.717) is 10.9 Å². The largest absolute Gasteiger partial charge is 0.428 e. The molecule has 3 aromatic rings. The second-order valence-corrected chi connectivity index (χ2v) is 5.63. The zero-order chi connectivity index (χ0) is 14.5. The summed E-state index contributed by atoms with van der Waals surface area (Å²) in [4.78, 5) is 4.36. The molecule has 0 aliphatic heterocycles. The van der Waals surface area contributed by atoms with Crippen LogP contribution >= 0.6 is 11.3 Å². The van der Waals surface area contributed by atoms with Gasteiger partial charge in [-0.1, -0.05) is 41.6 Å². The van der Waals surface area contributed by atoms with Gasteiger partial charge in [0, 0.05) is 11.9 Å². The highest BCUT2D eigenvalue weighted by Gasteiger charge is 2.07. The van der Waals surface area contributed by atoms with E-state index in [9.17, 15) is 0 Å². The number of ether oxygens (including phenoxy) is 1. The number of nitrogens with zero attached hydrogens (tertiary/aromatic N) is 3. The van der Waals surface area contributed by atoms with Gasteiger partial charge < -0.3 is 10.1 Å². The van der Waals surface area contributed by atoms with E-state index in [4.69, 9.17) is 4.74 Å². The number of nitrogens with one attached hydrogen (secondary N) is 1. The number of rotatable bonds is 6. The van der Waals surface area contributed by atoms with E-state index in [1.54, 1.807) is 6.20 Å². The fourth-order valence-electron chi connectivity index (χ4n) is 1.93. The van der Waals surface area contributed by atoms with Gasteiger partial charge in [-0.25, -0.2) is 0 Å². The minimum atomic E-state index is 0.542. The Bertz CT molecular complexity index is 728. The smallest absolute Gasteiger partial charge is 0.299 e. The maximum atomic E-state index is 5.73. The van der Waals surface area contributed by atoms with Gasteiger partial charge in [-0.05, 0) is 25.1 Å². The van der Waals surface area contributed by atoms with Crippen LogP contribution in [0.1, 0.15) is 18.4 Å².